The van der Waals surface area contributed by atoms with E-state index in [1.54, 1.807) is 13.0 Å². The first-order chi connectivity index (χ1) is 3.31. The average molecular weight is 104 g/mol. The highest BCUT2D eigenvalue weighted by Gasteiger charge is 1.89. The molecule has 0 fully saturated rings. The van der Waals surface area contributed by atoms with Gasteiger partial charge in [0, 0.05) is 0 Å². The smallest absolute Gasteiger partial charge is 0.181 e. The van der Waals surface area contributed by atoms with E-state index in [1.165, 1.54) is 6.08 Å². The number of hydrazine groups is 1. The molecule has 1 unspecified atom stereocenters. The van der Waals surface area contributed by atoms with Gasteiger partial charge in [0.2, 0.25) is 0 Å². The van der Waals surface area contributed by atoms with Crippen molar-refractivity contribution in [1.29, 1.82) is 0 Å². The lowest BCUT2D eigenvalue weighted by Gasteiger charge is -1.94. The summed E-state index contributed by atoms with van der Waals surface area (Å²) in [6.07, 6.45) is 1.70. The molecule has 0 radical (unpaired) electrons. The summed E-state index contributed by atoms with van der Waals surface area (Å²) in [4.78, 5) is 0. The summed E-state index contributed by atoms with van der Waals surface area (Å²) in [6, 6.07) is 0. The third-order valence-electron chi connectivity index (χ3n) is 0.521. The van der Waals surface area contributed by atoms with Crippen molar-refractivity contribution in [3.8, 4) is 0 Å². The van der Waals surface area contributed by atoms with Crippen LogP contribution in [-0.4, -0.2) is 6.30 Å². The summed E-state index contributed by atoms with van der Waals surface area (Å²) in [5.74, 6) is 4.68. The van der Waals surface area contributed by atoms with Crippen molar-refractivity contribution in [2.24, 2.45) is 5.84 Å². The molecular weight excluding hydrogens is 95.1 g/mol. The van der Waals surface area contributed by atoms with E-state index in [2.05, 4.69) is 5.84 Å². The Labute approximate surface area is 42.2 Å². The summed E-state index contributed by atoms with van der Waals surface area (Å²) in [6.45, 7) is 1.73. The minimum absolute atomic E-state index is 1.20. The van der Waals surface area contributed by atoms with Crippen LogP contribution in [0.5, 0.6) is 0 Å². The maximum Gasteiger partial charge on any atom is 0.181 e. The molecule has 0 saturated heterocycles. The number of alkyl halides is 1. The summed E-state index contributed by atoms with van der Waals surface area (Å²) in [7, 11) is 0. The van der Waals surface area contributed by atoms with Crippen LogP contribution in [-0.2, 0) is 0 Å². The molecule has 0 amide bonds. The molecule has 0 bridgehead atoms. The molecule has 2 nitrogen and oxygen atoms in total. The molecule has 0 saturated carbocycles. The Morgan fingerprint density at radius 2 is 2.43 bits per heavy atom. The first kappa shape index (κ1) is 6.59. The number of halogens is 1. The van der Waals surface area contributed by atoms with E-state index in [9.17, 15) is 4.39 Å². The summed E-state index contributed by atoms with van der Waals surface area (Å²) in [5.41, 5.74) is 1.91. The highest BCUT2D eigenvalue weighted by molar-refractivity contribution is 4.82. The molecular formula is C4H9FN2. The maximum absolute atomic E-state index is 11.8. The second-order valence-electron chi connectivity index (χ2n) is 1.09. The molecule has 0 aliphatic heterocycles. The fourth-order valence-corrected chi connectivity index (χ4v) is 0.225. The number of nitrogens with two attached hydrogens (primary N) is 1. The molecule has 1 atom stereocenters. The van der Waals surface area contributed by atoms with Gasteiger partial charge in [0.15, 0.2) is 6.30 Å². The molecule has 3 N–H and O–H groups in total. The van der Waals surface area contributed by atoms with Crippen LogP contribution in [0.1, 0.15) is 6.92 Å². The number of allylic oxidation sites excluding steroid dienone is 1. The molecule has 0 rings (SSSR count). The van der Waals surface area contributed by atoms with E-state index in [0.29, 0.717) is 0 Å². The molecule has 0 heterocycles. The zero-order chi connectivity index (χ0) is 5.70. The summed E-state index contributed by atoms with van der Waals surface area (Å²) in [5, 5.41) is 0. The van der Waals surface area contributed by atoms with E-state index < -0.39 is 6.30 Å². The number of rotatable bonds is 2. The van der Waals surface area contributed by atoms with Gasteiger partial charge in [-0.1, -0.05) is 6.08 Å². The maximum atomic E-state index is 11.8. The van der Waals surface area contributed by atoms with Crippen LogP contribution in [0.2, 0.25) is 0 Å². The monoisotopic (exact) mass is 104 g/mol. The van der Waals surface area contributed by atoms with Crippen LogP contribution in [0, 0.1) is 0 Å². The predicted molar refractivity (Wildman–Crippen MR) is 27.0 cm³/mol. The van der Waals surface area contributed by atoms with Gasteiger partial charge in [0.25, 0.3) is 0 Å². The minimum atomic E-state index is -1.20. The van der Waals surface area contributed by atoms with Crippen molar-refractivity contribution < 1.29 is 4.39 Å². The van der Waals surface area contributed by atoms with Gasteiger partial charge < -0.3 is 0 Å². The van der Waals surface area contributed by atoms with Gasteiger partial charge in [-0.05, 0) is 13.0 Å². The zero-order valence-corrected chi connectivity index (χ0v) is 4.19. The first-order valence-corrected chi connectivity index (χ1v) is 2.04. The second-order valence-corrected chi connectivity index (χ2v) is 1.09. The zero-order valence-electron chi connectivity index (χ0n) is 4.19. The van der Waals surface area contributed by atoms with Crippen LogP contribution >= 0.6 is 0 Å². The predicted octanol–water partition coefficient (Wildman–Crippen LogP) is 0.321. The molecule has 0 aromatic heterocycles. The summed E-state index contributed by atoms with van der Waals surface area (Å²) >= 11 is 0. The van der Waals surface area contributed by atoms with E-state index in [-0.39, 0.29) is 0 Å². The Morgan fingerprint density at radius 3 is 2.57 bits per heavy atom. The van der Waals surface area contributed by atoms with Crippen molar-refractivity contribution in [2.75, 3.05) is 0 Å². The third kappa shape index (κ3) is 3.42. The van der Waals surface area contributed by atoms with Crippen LogP contribution in [0.4, 0.5) is 4.39 Å². The fourth-order valence-electron chi connectivity index (χ4n) is 0.225. The first-order valence-electron chi connectivity index (χ1n) is 2.04. The third-order valence-corrected chi connectivity index (χ3v) is 0.521. The Kier molecular flexibility index (Phi) is 3.55. The van der Waals surface area contributed by atoms with Crippen molar-refractivity contribution in [3.63, 3.8) is 0 Å². The van der Waals surface area contributed by atoms with E-state index in [4.69, 9.17) is 0 Å². The van der Waals surface area contributed by atoms with Crippen molar-refractivity contribution >= 4 is 0 Å². The number of nitrogens with one attached hydrogen (secondary N) is 1. The number of hydrogen-bond acceptors (Lipinski definition) is 2. The van der Waals surface area contributed by atoms with Crippen LogP contribution in [0.3, 0.4) is 0 Å². The van der Waals surface area contributed by atoms with Gasteiger partial charge in [-0.2, -0.15) is 0 Å². The second kappa shape index (κ2) is 3.77. The molecule has 7 heavy (non-hydrogen) atoms. The van der Waals surface area contributed by atoms with Gasteiger partial charge in [0.05, 0.1) is 0 Å². The van der Waals surface area contributed by atoms with Crippen molar-refractivity contribution in [3.05, 3.63) is 12.2 Å². The van der Waals surface area contributed by atoms with E-state index in [1.807, 2.05) is 5.43 Å². The fraction of sp³-hybridized carbons (Fsp3) is 0.500. The lowest BCUT2D eigenvalue weighted by molar-refractivity contribution is 0.339. The Balaban J connectivity index is 3.16. The molecule has 3 heteroatoms. The lowest BCUT2D eigenvalue weighted by Crippen LogP contribution is -2.29. The quantitative estimate of drug-likeness (QED) is 0.229. The highest BCUT2D eigenvalue weighted by atomic mass is 19.1. The van der Waals surface area contributed by atoms with Gasteiger partial charge in [0.1, 0.15) is 0 Å². The van der Waals surface area contributed by atoms with Gasteiger partial charge in [-0.25, -0.2) is 9.82 Å². The van der Waals surface area contributed by atoms with Crippen molar-refractivity contribution in [1.82, 2.24) is 5.43 Å². The van der Waals surface area contributed by atoms with Gasteiger partial charge >= 0.3 is 0 Å². The summed E-state index contributed by atoms with van der Waals surface area (Å²) < 4.78 is 11.8. The largest absolute Gasteiger partial charge is 0.269 e. The topological polar surface area (TPSA) is 38.0 Å². The standard InChI is InChI=1S/C4H9FN2/c1-2-3-4(5)7-6/h2-4,7H,6H2,1H3/b3-2-. The Hall–Kier alpha value is -0.410. The average Bonchev–Trinajstić information content (AvgIpc) is 1.68. The van der Waals surface area contributed by atoms with Crippen LogP contribution in [0.15, 0.2) is 12.2 Å². The highest BCUT2D eigenvalue weighted by Crippen LogP contribution is 1.82. The molecule has 0 aliphatic rings. The molecule has 0 spiro atoms. The SMILES string of the molecule is C/C=C\C(F)NN. The van der Waals surface area contributed by atoms with Gasteiger partial charge in [-0.3, -0.25) is 5.84 Å². The Bertz CT molecular complexity index is 62.7. The molecule has 0 aromatic carbocycles. The minimum Gasteiger partial charge on any atom is -0.269 e. The van der Waals surface area contributed by atoms with Gasteiger partial charge in [-0.15, -0.1) is 0 Å². The molecule has 42 valence electrons. The lowest BCUT2D eigenvalue weighted by atomic mass is 10.5. The molecule has 0 aliphatic carbocycles. The van der Waals surface area contributed by atoms with Crippen LogP contribution in [0.25, 0.3) is 0 Å². The normalized spacial score (nSPS) is 15.3. The van der Waals surface area contributed by atoms with E-state index in [0.717, 1.165) is 0 Å². The van der Waals surface area contributed by atoms with Crippen LogP contribution < -0.4 is 11.3 Å². The van der Waals surface area contributed by atoms with Crippen molar-refractivity contribution in [2.45, 2.75) is 13.2 Å². The van der Waals surface area contributed by atoms with E-state index >= 15 is 0 Å². The Morgan fingerprint density at radius 1 is 1.86 bits per heavy atom. The molecule has 0 aromatic rings. The number of hydrogen-bond donors (Lipinski definition) is 2.